The second-order valence-electron chi connectivity index (χ2n) is 4.91. The molecule has 1 aliphatic rings. The van der Waals surface area contributed by atoms with Crippen molar-refractivity contribution < 1.29 is 27.0 Å². The summed E-state index contributed by atoms with van der Waals surface area (Å²) in [6.45, 7) is -1.46. The van der Waals surface area contributed by atoms with Crippen LogP contribution in [-0.2, 0) is 9.47 Å². The first-order chi connectivity index (χ1) is 9.39. The van der Waals surface area contributed by atoms with Gasteiger partial charge in [-0.3, -0.25) is 0 Å². The first-order valence-electron chi connectivity index (χ1n) is 6.12. The summed E-state index contributed by atoms with van der Waals surface area (Å²) in [5, 5.41) is 0. The van der Waals surface area contributed by atoms with Crippen molar-refractivity contribution in [1.29, 1.82) is 0 Å². The van der Waals surface area contributed by atoms with Gasteiger partial charge in [0.05, 0.1) is 12.9 Å². The molecule has 1 atom stereocenters. The molecule has 1 heterocycles. The number of hydrogen-bond acceptors (Lipinski definition) is 2. The van der Waals surface area contributed by atoms with Crippen molar-refractivity contribution >= 4 is 5.57 Å². The monoisotopic (exact) mass is 290 g/mol. The van der Waals surface area contributed by atoms with Crippen LogP contribution >= 0.6 is 0 Å². The van der Waals surface area contributed by atoms with Crippen LogP contribution in [0.4, 0.5) is 17.6 Å². The molecular weight excluding hydrogens is 276 g/mol. The van der Waals surface area contributed by atoms with E-state index >= 15 is 0 Å². The van der Waals surface area contributed by atoms with Crippen LogP contribution in [0.3, 0.4) is 0 Å². The second kappa shape index (κ2) is 5.83. The van der Waals surface area contributed by atoms with Crippen molar-refractivity contribution in [3.8, 4) is 0 Å². The Morgan fingerprint density at radius 1 is 1.35 bits per heavy atom. The fourth-order valence-electron chi connectivity index (χ4n) is 2.02. The molecule has 0 bridgehead atoms. The zero-order valence-electron chi connectivity index (χ0n) is 10.8. The Balaban J connectivity index is 2.08. The molecule has 1 aliphatic heterocycles. The zero-order chi connectivity index (χ0) is 14.8. The van der Waals surface area contributed by atoms with Gasteiger partial charge in [-0.15, -0.1) is 0 Å². The van der Waals surface area contributed by atoms with Gasteiger partial charge in [-0.2, -0.15) is 8.78 Å². The number of hydrogen-bond donors (Lipinski definition) is 0. The van der Waals surface area contributed by atoms with E-state index in [0.717, 1.165) is 12.1 Å². The van der Waals surface area contributed by atoms with Crippen molar-refractivity contribution in [3.05, 3.63) is 41.7 Å². The predicted molar refractivity (Wildman–Crippen MR) is 65.0 cm³/mol. The summed E-state index contributed by atoms with van der Waals surface area (Å²) in [4.78, 5) is 0. The molecule has 6 heteroatoms. The maximum Gasteiger partial charge on any atom is 0.345 e. The quantitative estimate of drug-likeness (QED) is 0.777. The van der Waals surface area contributed by atoms with Gasteiger partial charge in [-0.25, -0.2) is 8.78 Å². The maximum absolute atomic E-state index is 13.6. The molecule has 1 unspecified atom stereocenters. The van der Waals surface area contributed by atoms with E-state index in [9.17, 15) is 17.6 Å². The van der Waals surface area contributed by atoms with E-state index in [-0.39, 0.29) is 12.2 Å². The van der Waals surface area contributed by atoms with E-state index in [4.69, 9.17) is 4.74 Å². The first kappa shape index (κ1) is 14.8. The second-order valence-corrected chi connectivity index (χ2v) is 4.91. The topological polar surface area (TPSA) is 18.5 Å². The normalized spacial score (nSPS) is 22.6. The molecule has 110 valence electrons. The molecule has 0 fully saturated rings. The van der Waals surface area contributed by atoms with Gasteiger partial charge >= 0.3 is 6.61 Å². The standard InChI is InChI=1S/C14H14F4O2/c1-14(8-19-13(17)18)5-4-9(7-20-14)11-3-2-10(15)6-12(11)16/h2-3,6-7,13H,4-5,8H2,1H3. The minimum Gasteiger partial charge on any atom is -0.492 e. The number of ether oxygens (including phenoxy) is 2. The molecule has 2 rings (SSSR count). The van der Waals surface area contributed by atoms with E-state index in [1.165, 1.54) is 12.3 Å². The van der Waals surface area contributed by atoms with E-state index in [1.807, 2.05) is 0 Å². The molecule has 0 saturated heterocycles. The predicted octanol–water partition coefficient (Wildman–Crippen LogP) is 4.11. The van der Waals surface area contributed by atoms with Crippen LogP contribution in [0.2, 0.25) is 0 Å². The lowest BCUT2D eigenvalue weighted by Gasteiger charge is -2.33. The van der Waals surface area contributed by atoms with Crippen LogP contribution < -0.4 is 0 Å². The van der Waals surface area contributed by atoms with Gasteiger partial charge in [0.2, 0.25) is 0 Å². The Labute approximate surface area is 114 Å². The number of alkyl halides is 2. The van der Waals surface area contributed by atoms with E-state index in [1.54, 1.807) is 6.92 Å². The Morgan fingerprint density at radius 3 is 2.65 bits per heavy atom. The van der Waals surface area contributed by atoms with Crippen LogP contribution in [0.25, 0.3) is 5.57 Å². The maximum atomic E-state index is 13.6. The van der Waals surface area contributed by atoms with Gasteiger partial charge in [-0.1, -0.05) is 0 Å². The highest BCUT2D eigenvalue weighted by molar-refractivity contribution is 5.65. The van der Waals surface area contributed by atoms with E-state index < -0.39 is 23.8 Å². The van der Waals surface area contributed by atoms with Crippen molar-refractivity contribution in [3.63, 3.8) is 0 Å². The minimum atomic E-state index is -2.85. The summed E-state index contributed by atoms with van der Waals surface area (Å²) in [6, 6.07) is 3.29. The summed E-state index contributed by atoms with van der Waals surface area (Å²) in [5.41, 5.74) is -0.0450. The number of rotatable bonds is 4. The van der Waals surface area contributed by atoms with Gasteiger partial charge in [0.25, 0.3) is 0 Å². The molecule has 20 heavy (non-hydrogen) atoms. The van der Waals surface area contributed by atoms with Crippen molar-refractivity contribution in [2.45, 2.75) is 32.0 Å². The van der Waals surface area contributed by atoms with Crippen LogP contribution in [0.15, 0.2) is 24.5 Å². The molecule has 0 aliphatic carbocycles. The smallest absolute Gasteiger partial charge is 0.345 e. The summed E-state index contributed by atoms with van der Waals surface area (Å²) in [5.74, 6) is -1.33. The lowest BCUT2D eigenvalue weighted by molar-refractivity contribution is -0.170. The van der Waals surface area contributed by atoms with Gasteiger partial charge in [0, 0.05) is 11.6 Å². The molecule has 0 N–H and O–H groups in total. The summed E-state index contributed by atoms with van der Waals surface area (Å²) in [6.07, 6.45) is 2.17. The van der Waals surface area contributed by atoms with Crippen LogP contribution in [-0.4, -0.2) is 18.8 Å². The SMILES string of the molecule is CC1(COC(F)F)CCC(c2ccc(F)cc2F)=CO1. The largest absolute Gasteiger partial charge is 0.492 e. The minimum absolute atomic E-state index is 0.250. The number of halogens is 4. The van der Waals surface area contributed by atoms with Crippen molar-refractivity contribution in [2.75, 3.05) is 6.61 Å². The highest BCUT2D eigenvalue weighted by Crippen LogP contribution is 2.33. The van der Waals surface area contributed by atoms with Gasteiger partial charge < -0.3 is 9.47 Å². The molecule has 0 amide bonds. The molecule has 0 aromatic heterocycles. The number of allylic oxidation sites excluding steroid dienone is 1. The lowest BCUT2D eigenvalue weighted by Crippen LogP contribution is -2.35. The van der Waals surface area contributed by atoms with Crippen molar-refractivity contribution in [2.24, 2.45) is 0 Å². The lowest BCUT2D eigenvalue weighted by atomic mass is 9.92. The van der Waals surface area contributed by atoms with Gasteiger partial charge in [0.1, 0.15) is 17.2 Å². The average molecular weight is 290 g/mol. The average Bonchev–Trinajstić information content (AvgIpc) is 2.38. The van der Waals surface area contributed by atoms with Crippen LogP contribution in [0, 0.1) is 11.6 Å². The summed E-state index contributed by atoms with van der Waals surface area (Å²) in [7, 11) is 0. The third-order valence-corrected chi connectivity index (χ3v) is 3.20. The fraction of sp³-hybridized carbons (Fsp3) is 0.429. The number of benzene rings is 1. The third-order valence-electron chi connectivity index (χ3n) is 3.20. The molecule has 2 nitrogen and oxygen atoms in total. The molecule has 0 spiro atoms. The molecule has 0 saturated carbocycles. The van der Waals surface area contributed by atoms with E-state index in [0.29, 0.717) is 18.4 Å². The van der Waals surface area contributed by atoms with Gasteiger partial charge in [-0.05, 0) is 37.5 Å². The Kier molecular flexibility index (Phi) is 4.32. The molecule has 1 aromatic rings. The highest BCUT2D eigenvalue weighted by Gasteiger charge is 2.31. The van der Waals surface area contributed by atoms with Crippen LogP contribution in [0.5, 0.6) is 0 Å². The molecule has 0 radical (unpaired) electrons. The molecule has 1 aromatic carbocycles. The van der Waals surface area contributed by atoms with E-state index in [2.05, 4.69) is 4.74 Å². The fourth-order valence-corrected chi connectivity index (χ4v) is 2.02. The van der Waals surface area contributed by atoms with Crippen molar-refractivity contribution in [1.82, 2.24) is 0 Å². The summed E-state index contributed by atoms with van der Waals surface area (Å²) >= 11 is 0. The zero-order valence-corrected chi connectivity index (χ0v) is 10.8. The highest BCUT2D eigenvalue weighted by atomic mass is 19.3. The Morgan fingerprint density at radius 2 is 2.10 bits per heavy atom. The molecular formula is C14H14F4O2. The van der Waals surface area contributed by atoms with Gasteiger partial charge in [0.15, 0.2) is 0 Å². The third kappa shape index (κ3) is 3.50. The first-order valence-corrected chi connectivity index (χ1v) is 6.12. The van der Waals surface area contributed by atoms with Crippen LogP contribution in [0.1, 0.15) is 25.3 Å². The Bertz CT molecular complexity index is 516. The summed E-state index contributed by atoms with van der Waals surface area (Å²) < 4.78 is 60.1. The Hall–Kier alpha value is -1.56.